The van der Waals surface area contributed by atoms with E-state index in [-0.39, 0.29) is 17.2 Å². The number of carbonyl (C=O) groups is 1. The molecule has 3 aromatic rings. The number of sulfonamides is 1. The first-order chi connectivity index (χ1) is 16.4. The van der Waals surface area contributed by atoms with Gasteiger partial charge in [0.1, 0.15) is 10.9 Å². The summed E-state index contributed by atoms with van der Waals surface area (Å²) in [4.78, 5) is 23.0. The zero-order valence-corrected chi connectivity index (χ0v) is 20.2. The molecular formula is C25H31N5O3S. The van der Waals surface area contributed by atoms with Gasteiger partial charge in [-0.3, -0.25) is 4.79 Å². The predicted octanol–water partition coefficient (Wildman–Crippen LogP) is 3.07. The second-order valence-corrected chi connectivity index (χ2v) is 11.1. The van der Waals surface area contributed by atoms with E-state index in [9.17, 15) is 13.2 Å². The van der Waals surface area contributed by atoms with Crippen LogP contribution in [-0.2, 0) is 27.7 Å². The highest BCUT2D eigenvalue weighted by atomic mass is 32.2. The van der Waals surface area contributed by atoms with E-state index in [1.54, 1.807) is 23.4 Å². The minimum Gasteiger partial charge on any atom is -0.384 e. The summed E-state index contributed by atoms with van der Waals surface area (Å²) in [6, 6.07) is 10.2. The Morgan fingerprint density at radius 1 is 1.24 bits per heavy atom. The van der Waals surface area contributed by atoms with Crippen molar-refractivity contribution in [3.05, 3.63) is 53.9 Å². The zero-order chi connectivity index (χ0) is 23.7. The lowest BCUT2D eigenvalue weighted by atomic mass is 9.98. The topological polar surface area (TPSA) is 107 Å². The molecule has 2 aliphatic heterocycles. The van der Waals surface area contributed by atoms with Crippen molar-refractivity contribution in [3.8, 4) is 0 Å². The lowest BCUT2D eigenvalue weighted by Crippen LogP contribution is -2.51. The Morgan fingerprint density at radius 3 is 2.88 bits per heavy atom. The van der Waals surface area contributed by atoms with Gasteiger partial charge < -0.3 is 15.2 Å². The SMILES string of the molecule is CC1CCN(C(=O)C(Cc2ccc3[nH]cnc3c2)NS(=O)(=O)c2cccc3c2NCCC3)CC1. The van der Waals surface area contributed by atoms with Crippen LogP contribution in [0.25, 0.3) is 11.0 Å². The first-order valence-corrected chi connectivity index (χ1v) is 13.5. The van der Waals surface area contributed by atoms with Gasteiger partial charge >= 0.3 is 0 Å². The number of piperidine rings is 1. The van der Waals surface area contributed by atoms with Crippen LogP contribution in [0.4, 0.5) is 5.69 Å². The van der Waals surface area contributed by atoms with Gasteiger partial charge in [-0.25, -0.2) is 13.4 Å². The number of carbonyl (C=O) groups excluding carboxylic acids is 1. The maximum absolute atomic E-state index is 13.6. The molecule has 1 fully saturated rings. The molecule has 2 aliphatic rings. The third kappa shape index (κ3) is 4.67. The quantitative estimate of drug-likeness (QED) is 0.502. The third-order valence-corrected chi connectivity index (χ3v) is 8.46. The highest BCUT2D eigenvalue weighted by Crippen LogP contribution is 2.30. The van der Waals surface area contributed by atoms with Crippen LogP contribution >= 0.6 is 0 Å². The summed E-state index contributed by atoms with van der Waals surface area (Å²) in [5.74, 6) is 0.401. The number of aromatic nitrogens is 2. The van der Waals surface area contributed by atoms with E-state index in [1.165, 1.54) is 0 Å². The second-order valence-electron chi connectivity index (χ2n) is 9.46. The summed E-state index contributed by atoms with van der Waals surface area (Å²) in [5, 5.41) is 3.25. The van der Waals surface area contributed by atoms with E-state index in [0.29, 0.717) is 24.7 Å². The summed E-state index contributed by atoms with van der Waals surface area (Å²) >= 11 is 0. The lowest BCUT2D eigenvalue weighted by molar-refractivity contribution is -0.134. The van der Waals surface area contributed by atoms with Gasteiger partial charge in [0.15, 0.2) is 0 Å². The first-order valence-electron chi connectivity index (χ1n) is 12.0. The van der Waals surface area contributed by atoms with Crippen molar-refractivity contribution in [2.24, 2.45) is 5.92 Å². The molecule has 180 valence electrons. The standard InChI is InChI=1S/C25H31N5O3S/c1-17-9-12-30(13-10-17)25(31)22(15-18-7-8-20-21(14-18)28-16-27-20)29-34(32,33)23-6-2-4-19-5-3-11-26-24(19)23/h2,4,6-8,14,16-17,22,26,29H,3,5,9-13,15H2,1H3,(H,27,28). The van der Waals surface area contributed by atoms with Crippen molar-refractivity contribution < 1.29 is 13.2 Å². The molecule has 0 bridgehead atoms. The number of para-hydroxylation sites is 1. The molecule has 3 heterocycles. The van der Waals surface area contributed by atoms with E-state index in [0.717, 1.165) is 54.4 Å². The fraction of sp³-hybridized carbons (Fsp3) is 0.440. The van der Waals surface area contributed by atoms with Crippen LogP contribution in [-0.4, -0.2) is 54.9 Å². The molecule has 0 radical (unpaired) electrons. The zero-order valence-electron chi connectivity index (χ0n) is 19.4. The molecule has 1 saturated heterocycles. The van der Waals surface area contributed by atoms with Crippen molar-refractivity contribution in [2.45, 2.75) is 50.0 Å². The van der Waals surface area contributed by atoms with Crippen LogP contribution in [0.15, 0.2) is 47.6 Å². The largest absolute Gasteiger partial charge is 0.384 e. The van der Waals surface area contributed by atoms with Crippen molar-refractivity contribution in [2.75, 3.05) is 25.0 Å². The van der Waals surface area contributed by atoms with E-state index >= 15 is 0 Å². The predicted molar refractivity (Wildman–Crippen MR) is 132 cm³/mol. The van der Waals surface area contributed by atoms with Crippen molar-refractivity contribution >= 4 is 32.7 Å². The van der Waals surface area contributed by atoms with Crippen molar-refractivity contribution in [1.29, 1.82) is 0 Å². The molecule has 1 atom stereocenters. The summed E-state index contributed by atoms with van der Waals surface area (Å²) in [6.07, 6.45) is 5.55. The maximum Gasteiger partial charge on any atom is 0.243 e. The molecule has 34 heavy (non-hydrogen) atoms. The van der Waals surface area contributed by atoms with Gasteiger partial charge in [-0.2, -0.15) is 4.72 Å². The third-order valence-electron chi connectivity index (χ3n) is 6.94. The number of fused-ring (bicyclic) bond motifs is 2. The smallest absolute Gasteiger partial charge is 0.243 e. The second kappa shape index (κ2) is 9.38. The van der Waals surface area contributed by atoms with Crippen LogP contribution in [0, 0.1) is 5.92 Å². The number of aromatic amines is 1. The van der Waals surface area contributed by atoms with E-state index < -0.39 is 16.1 Å². The molecule has 1 aromatic heterocycles. The summed E-state index contributed by atoms with van der Waals surface area (Å²) in [6.45, 7) is 4.22. The Hall–Kier alpha value is -2.91. The minimum absolute atomic E-state index is 0.171. The Balaban J connectivity index is 1.45. The number of benzene rings is 2. The summed E-state index contributed by atoms with van der Waals surface area (Å²) < 4.78 is 29.9. The molecule has 1 amide bonds. The normalized spacial score (nSPS) is 17.9. The number of H-pyrrole nitrogens is 1. The molecule has 1 unspecified atom stereocenters. The first kappa shape index (κ1) is 22.9. The van der Waals surface area contributed by atoms with E-state index in [2.05, 4.69) is 26.9 Å². The Morgan fingerprint density at radius 2 is 2.06 bits per heavy atom. The number of nitrogens with zero attached hydrogens (tertiary/aromatic N) is 2. The van der Waals surface area contributed by atoms with Crippen LogP contribution in [0.5, 0.6) is 0 Å². The average Bonchev–Trinajstić information content (AvgIpc) is 3.31. The number of hydrogen-bond donors (Lipinski definition) is 3. The molecule has 5 rings (SSSR count). The molecule has 0 spiro atoms. The number of hydrogen-bond acceptors (Lipinski definition) is 5. The fourth-order valence-corrected chi connectivity index (χ4v) is 6.34. The number of anilines is 1. The van der Waals surface area contributed by atoms with Crippen molar-refractivity contribution in [3.63, 3.8) is 0 Å². The molecule has 3 N–H and O–H groups in total. The Bertz CT molecular complexity index is 1290. The fourth-order valence-electron chi connectivity index (χ4n) is 4.92. The van der Waals surface area contributed by atoms with Crippen LogP contribution in [0.1, 0.15) is 37.3 Å². The monoisotopic (exact) mass is 481 g/mol. The number of rotatable bonds is 6. The Labute approximate surface area is 200 Å². The van der Waals surface area contributed by atoms with Crippen LogP contribution in [0.3, 0.4) is 0 Å². The van der Waals surface area contributed by atoms with Crippen molar-refractivity contribution in [1.82, 2.24) is 19.6 Å². The van der Waals surface area contributed by atoms with Gasteiger partial charge in [-0.15, -0.1) is 0 Å². The molecule has 0 saturated carbocycles. The minimum atomic E-state index is -3.93. The maximum atomic E-state index is 13.6. The molecule has 9 heteroatoms. The number of likely N-dealkylation sites (tertiary alicyclic amines) is 1. The Kier molecular flexibility index (Phi) is 6.31. The number of imidazole rings is 1. The molecule has 0 aliphatic carbocycles. The van der Waals surface area contributed by atoms with Gasteiger partial charge in [0.2, 0.25) is 15.9 Å². The number of amides is 1. The highest BCUT2D eigenvalue weighted by Gasteiger charge is 2.32. The summed E-state index contributed by atoms with van der Waals surface area (Å²) in [5.41, 5.74) is 4.20. The van der Waals surface area contributed by atoms with Gasteiger partial charge in [0.25, 0.3) is 0 Å². The van der Waals surface area contributed by atoms with Crippen LogP contribution in [0.2, 0.25) is 0 Å². The summed E-state index contributed by atoms with van der Waals surface area (Å²) in [7, 11) is -3.93. The molecular weight excluding hydrogens is 450 g/mol. The molecule has 2 aromatic carbocycles. The lowest BCUT2D eigenvalue weighted by Gasteiger charge is -2.33. The highest BCUT2D eigenvalue weighted by molar-refractivity contribution is 7.89. The number of aryl methyl sites for hydroxylation is 1. The van der Waals surface area contributed by atoms with Gasteiger partial charge in [-0.05, 0) is 67.3 Å². The average molecular weight is 482 g/mol. The van der Waals surface area contributed by atoms with E-state index in [1.807, 2.05) is 24.3 Å². The van der Waals surface area contributed by atoms with Gasteiger partial charge in [-0.1, -0.05) is 25.1 Å². The van der Waals surface area contributed by atoms with Gasteiger partial charge in [0.05, 0.1) is 23.0 Å². The van der Waals surface area contributed by atoms with Crippen LogP contribution < -0.4 is 10.0 Å². The molecule has 8 nitrogen and oxygen atoms in total. The number of nitrogens with one attached hydrogen (secondary N) is 3. The van der Waals surface area contributed by atoms with E-state index in [4.69, 9.17) is 0 Å². The van der Waals surface area contributed by atoms with Gasteiger partial charge in [0, 0.05) is 19.6 Å².